The lowest BCUT2D eigenvalue weighted by Gasteiger charge is -2.33. The summed E-state index contributed by atoms with van der Waals surface area (Å²) in [5.41, 5.74) is 7.19. The molecule has 2 unspecified atom stereocenters. The first-order chi connectivity index (χ1) is 12.9. The van der Waals surface area contributed by atoms with Crippen molar-refractivity contribution in [1.29, 1.82) is 0 Å². The lowest BCUT2D eigenvalue weighted by molar-refractivity contribution is 0.201. The van der Waals surface area contributed by atoms with E-state index in [1.165, 1.54) is 6.07 Å². The van der Waals surface area contributed by atoms with E-state index in [0.29, 0.717) is 12.5 Å². The quantitative estimate of drug-likeness (QED) is 0.595. The molecule has 0 spiro atoms. The Balaban J connectivity index is 1.53. The Morgan fingerprint density at radius 3 is 2.59 bits per heavy atom. The van der Waals surface area contributed by atoms with Gasteiger partial charge in [0.1, 0.15) is 11.6 Å². The summed E-state index contributed by atoms with van der Waals surface area (Å²) in [6.07, 6.45) is 2.82. The van der Waals surface area contributed by atoms with E-state index in [2.05, 4.69) is 4.90 Å². The summed E-state index contributed by atoms with van der Waals surface area (Å²) in [6, 6.07) is 7.81. The van der Waals surface area contributed by atoms with Crippen LogP contribution in [0, 0.1) is 23.3 Å². The first-order valence-corrected chi connectivity index (χ1v) is 9.29. The van der Waals surface area contributed by atoms with Crippen molar-refractivity contribution in [2.24, 2.45) is 5.73 Å². The molecule has 2 aromatic rings. The van der Waals surface area contributed by atoms with E-state index in [4.69, 9.17) is 5.73 Å². The average Bonchev–Trinajstić information content (AvgIpc) is 2.65. The molecule has 1 saturated heterocycles. The first kappa shape index (κ1) is 19.8. The average molecular weight is 380 g/mol. The zero-order valence-corrected chi connectivity index (χ0v) is 15.1. The van der Waals surface area contributed by atoms with Gasteiger partial charge in [-0.2, -0.15) is 0 Å². The Labute approximate surface area is 157 Å². The van der Waals surface area contributed by atoms with Gasteiger partial charge in [-0.15, -0.1) is 0 Å². The number of hydrogen-bond donors (Lipinski definition) is 1. The van der Waals surface area contributed by atoms with Gasteiger partial charge < -0.3 is 10.6 Å². The second-order valence-corrected chi connectivity index (χ2v) is 7.31. The number of nitrogens with two attached hydrogens (primary N) is 1. The fourth-order valence-corrected chi connectivity index (χ4v) is 3.74. The van der Waals surface area contributed by atoms with Gasteiger partial charge in [-0.3, -0.25) is 0 Å². The van der Waals surface area contributed by atoms with Crippen LogP contribution in [0.15, 0.2) is 36.4 Å². The number of rotatable bonds is 6. The molecular weight excluding hydrogens is 356 g/mol. The van der Waals surface area contributed by atoms with Gasteiger partial charge in [-0.05, 0) is 74.0 Å². The number of likely N-dealkylation sites (tertiary alicyclic amines) is 1. The van der Waals surface area contributed by atoms with E-state index in [1.807, 2.05) is 6.07 Å². The molecule has 6 heteroatoms. The fraction of sp³-hybridized carbons (Fsp3) is 0.429. The zero-order valence-electron chi connectivity index (χ0n) is 15.1. The molecule has 0 bridgehead atoms. The molecule has 2 aromatic carbocycles. The highest BCUT2D eigenvalue weighted by molar-refractivity contribution is 5.22. The molecule has 0 amide bonds. The summed E-state index contributed by atoms with van der Waals surface area (Å²) in [5, 5.41) is 0. The fourth-order valence-electron chi connectivity index (χ4n) is 3.74. The maximum atomic E-state index is 13.8. The summed E-state index contributed by atoms with van der Waals surface area (Å²) in [7, 11) is 0. The van der Waals surface area contributed by atoms with Crippen LogP contribution in [0.3, 0.4) is 0 Å². The lowest BCUT2D eigenvalue weighted by Crippen LogP contribution is -2.38. The van der Waals surface area contributed by atoms with Gasteiger partial charge in [0.25, 0.3) is 0 Å². The Kier molecular flexibility index (Phi) is 6.50. The molecule has 0 saturated carbocycles. The van der Waals surface area contributed by atoms with Crippen molar-refractivity contribution >= 4 is 0 Å². The van der Waals surface area contributed by atoms with E-state index in [1.54, 1.807) is 12.1 Å². The predicted molar refractivity (Wildman–Crippen MR) is 97.4 cm³/mol. The second kappa shape index (κ2) is 8.85. The number of benzene rings is 2. The Bertz CT molecular complexity index is 781. The molecule has 0 aliphatic carbocycles. The number of halogens is 4. The molecular formula is C21H24F4N2. The summed E-state index contributed by atoms with van der Waals surface area (Å²) in [6.45, 7) is 2.51. The Hall–Kier alpha value is -1.92. The highest BCUT2D eigenvalue weighted by atomic mass is 19.2. The van der Waals surface area contributed by atoms with Crippen molar-refractivity contribution < 1.29 is 17.6 Å². The lowest BCUT2D eigenvalue weighted by atomic mass is 9.90. The minimum atomic E-state index is -1.19. The SMILES string of the molecule is NC(CCN1CCCC(c2cccc(F)c2)C1)Cc1cc(F)c(F)cc1F. The minimum absolute atomic E-state index is 0.0951. The largest absolute Gasteiger partial charge is 0.327 e. The van der Waals surface area contributed by atoms with E-state index >= 15 is 0 Å². The van der Waals surface area contributed by atoms with E-state index in [0.717, 1.165) is 44.1 Å². The van der Waals surface area contributed by atoms with Crippen LogP contribution >= 0.6 is 0 Å². The standard InChI is InChI=1S/C21H24F4N2/c22-17-5-1-3-14(9-17)15-4-2-7-27(13-15)8-6-18(26)10-16-11-20(24)21(25)12-19(16)23/h1,3,5,9,11-12,15,18H,2,4,6-8,10,13,26H2. The third-order valence-electron chi connectivity index (χ3n) is 5.21. The number of piperidine rings is 1. The highest BCUT2D eigenvalue weighted by Crippen LogP contribution is 2.27. The topological polar surface area (TPSA) is 29.3 Å². The smallest absolute Gasteiger partial charge is 0.161 e. The van der Waals surface area contributed by atoms with Crippen molar-refractivity contribution in [3.8, 4) is 0 Å². The zero-order chi connectivity index (χ0) is 19.4. The van der Waals surface area contributed by atoms with Gasteiger partial charge in [0, 0.05) is 18.7 Å². The third-order valence-corrected chi connectivity index (χ3v) is 5.21. The summed E-state index contributed by atoms with van der Waals surface area (Å²) in [5.74, 6) is -2.96. The van der Waals surface area contributed by atoms with Crippen molar-refractivity contribution in [3.05, 3.63) is 70.8 Å². The summed E-state index contributed by atoms with van der Waals surface area (Å²) in [4.78, 5) is 2.28. The van der Waals surface area contributed by atoms with Crippen LogP contribution in [-0.2, 0) is 6.42 Å². The molecule has 2 N–H and O–H groups in total. The Morgan fingerprint density at radius 1 is 1.04 bits per heavy atom. The molecule has 2 atom stereocenters. The van der Waals surface area contributed by atoms with Crippen LogP contribution in [0.4, 0.5) is 17.6 Å². The van der Waals surface area contributed by atoms with Crippen LogP contribution in [0.5, 0.6) is 0 Å². The van der Waals surface area contributed by atoms with Crippen molar-refractivity contribution in [1.82, 2.24) is 4.90 Å². The monoisotopic (exact) mass is 380 g/mol. The van der Waals surface area contributed by atoms with E-state index in [-0.39, 0.29) is 29.8 Å². The maximum Gasteiger partial charge on any atom is 0.161 e. The maximum absolute atomic E-state index is 13.8. The second-order valence-electron chi connectivity index (χ2n) is 7.31. The van der Waals surface area contributed by atoms with Crippen LogP contribution in [0.25, 0.3) is 0 Å². The molecule has 3 rings (SSSR count). The molecule has 0 radical (unpaired) electrons. The summed E-state index contributed by atoms with van der Waals surface area (Å²) >= 11 is 0. The molecule has 2 nitrogen and oxygen atoms in total. The normalized spacial score (nSPS) is 19.2. The third kappa shape index (κ3) is 5.30. The number of hydrogen-bond acceptors (Lipinski definition) is 2. The van der Waals surface area contributed by atoms with Gasteiger partial charge in [-0.1, -0.05) is 12.1 Å². The van der Waals surface area contributed by atoms with E-state index in [9.17, 15) is 17.6 Å². The number of nitrogens with zero attached hydrogens (tertiary/aromatic N) is 1. The first-order valence-electron chi connectivity index (χ1n) is 9.29. The molecule has 27 heavy (non-hydrogen) atoms. The van der Waals surface area contributed by atoms with Crippen molar-refractivity contribution in [2.75, 3.05) is 19.6 Å². The molecule has 1 heterocycles. The molecule has 0 aromatic heterocycles. The molecule has 1 aliphatic rings. The predicted octanol–water partition coefficient (Wildman–Crippen LogP) is 4.38. The van der Waals surface area contributed by atoms with Gasteiger partial charge in [0.15, 0.2) is 11.6 Å². The van der Waals surface area contributed by atoms with Crippen molar-refractivity contribution in [2.45, 2.75) is 37.6 Å². The van der Waals surface area contributed by atoms with Crippen LogP contribution in [-0.4, -0.2) is 30.6 Å². The molecule has 1 fully saturated rings. The Morgan fingerprint density at radius 2 is 1.81 bits per heavy atom. The van der Waals surface area contributed by atoms with Crippen molar-refractivity contribution in [3.63, 3.8) is 0 Å². The molecule has 146 valence electrons. The van der Waals surface area contributed by atoms with Crippen LogP contribution in [0.2, 0.25) is 0 Å². The van der Waals surface area contributed by atoms with Gasteiger partial charge in [-0.25, -0.2) is 17.6 Å². The van der Waals surface area contributed by atoms with Gasteiger partial charge in [0.05, 0.1) is 0 Å². The van der Waals surface area contributed by atoms with Gasteiger partial charge in [0.2, 0.25) is 0 Å². The van der Waals surface area contributed by atoms with Crippen LogP contribution in [0.1, 0.15) is 36.3 Å². The van der Waals surface area contributed by atoms with E-state index < -0.39 is 17.5 Å². The minimum Gasteiger partial charge on any atom is -0.327 e. The van der Waals surface area contributed by atoms with Gasteiger partial charge >= 0.3 is 0 Å². The molecule has 1 aliphatic heterocycles. The highest BCUT2D eigenvalue weighted by Gasteiger charge is 2.22. The van der Waals surface area contributed by atoms with Crippen LogP contribution < -0.4 is 5.73 Å². The summed E-state index contributed by atoms with van der Waals surface area (Å²) < 4.78 is 53.5.